The van der Waals surface area contributed by atoms with Gasteiger partial charge in [0.05, 0.1) is 11.6 Å². The fourth-order valence-electron chi connectivity index (χ4n) is 1.47. The van der Waals surface area contributed by atoms with E-state index in [1.807, 2.05) is 19.1 Å². The molecule has 18 heavy (non-hydrogen) atoms. The monoisotopic (exact) mass is 266 g/mol. The number of hydrogen-bond acceptors (Lipinski definition) is 3. The molecule has 0 atom stereocenters. The maximum Gasteiger partial charge on any atom is 0.167 e. The number of pyridine rings is 1. The lowest BCUT2D eigenvalue weighted by Crippen LogP contribution is -1.98. The van der Waals surface area contributed by atoms with E-state index in [4.69, 9.17) is 16.3 Å². The number of hydrogen-bond donors (Lipinski definition) is 1. The van der Waals surface area contributed by atoms with Gasteiger partial charge in [0.15, 0.2) is 11.6 Å². The first-order valence-corrected chi connectivity index (χ1v) is 5.88. The van der Waals surface area contributed by atoms with Gasteiger partial charge in [-0.05, 0) is 25.1 Å². The number of anilines is 2. The zero-order valence-corrected chi connectivity index (χ0v) is 10.5. The number of nitrogens with one attached hydrogen (secondary N) is 1. The fraction of sp³-hybridized carbons (Fsp3) is 0.154. The molecule has 1 aromatic heterocycles. The maximum atomic E-state index is 13.5. The summed E-state index contributed by atoms with van der Waals surface area (Å²) in [5, 5.41) is 3.14. The van der Waals surface area contributed by atoms with Gasteiger partial charge < -0.3 is 10.1 Å². The van der Waals surface area contributed by atoms with Gasteiger partial charge in [0.2, 0.25) is 0 Å². The van der Waals surface area contributed by atoms with E-state index in [-0.39, 0.29) is 10.8 Å². The van der Waals surface area contributed by atoms with Gasteiger partial charge in [-0.25, -0.2) is 9.37 Å². The van der Waals surface area contributed by atoms with Gasteiger partial charge in [-0.3, -0.25) is 0 Å². The SMILES string of the molecule is CCOc1cccc(Nc2ncc(Cl)cc2F)c1. The molecule has 1 heterocycles. The Balaban J connectivity index is 2.20. The molecule has 2 rings (SSSR count). The molecule has 0 aliphatic heterocycles. The Morgan fingerprint density at radius 1 is 1.39 bits per heavy atom. The van der Waals surface area contributed by atoms with Gasteiger partial charge in [0, 0.05) is 18.0 Å². The molecule has 0 amide bonds. The zero-order valence-electron chi connectivity index (χ0n) is 9.78. The minimum absolute atomic E-state index is 0.132. The van der Waals surface area contributed by atoms with E-state index in [0.29, 0.717) is 12.3 Å². The normalized spacial score (nSPS) is 10.2. The highest BCUT2D eigenvalue weighted by molar-refractivity contribution is 6.30. The van der Waals surface area contributed by atoms with E-state index in [0.717, 1.165) is 5.75 Å². The summed E-state index contributed by atoms with van der Waals surface area (Å²) in [6, 6.07) is 8.45. The molecule has 0 unspecified atom stereocenters. The van der Waals surface area contributed by atoms with Crippen LogP contribution in [0.15, 0.2) is 36.5 Å². The van der Waals surface area contributed by atoms with E-state index in [2.05, 4.69) is 10.3 Å². The third-order valence-electron chi connectivity index (χ3n) is 2.22. The number of aromatic nitrogens is 1. The minimum atomic E-state index is -0.496. The smallest absolute Gasteiger partial charge is 0.167 e. The molecule has 0 spiro atoms. The second-order valence-corrected chi connectivity index (χ2v) is 4.01. The van der Waals surface area contributed by atoms with E-state index in [9.17, 15) is 4.39 Å². The summed E-state index contributed by atoms with van der Waals surface area (Å²) in [7, 11) is 0. The van der Waals surface area contributed by atoms with Crippen molar-refractivity contribution in [1.82, 2.24) is 4.98 Å². The Kier molecular flexibility index (Phi) is 3.99. The standard InChI is InChI=1S/C13H12ClFN2O/c1-2-18-11-5-3-4-10(7-11)17-13-12(15)6-9(14)8-16-13/h3-8H,2H2,1H3,(H,16,17). The Hall–Kier alpha value is -1.81. The first-order valence-electron chi connectivity index (χ1n) is 5.50. The molecule has 0 aliphatic carbocycles. The summed E-state index contributed by atoms with van der Waals surface area (Å²) >= 11 is 5.64. The molecule has 3 nitrogen and oxygen atoms in total. The van der Waals surface area contributed by atoms with Crippen molar-refractivity contribution in [1.29, 1.82) is 0 Å². The molecule has 0 saturated carbocycles. The largest absolute Gasteiger partial charge is 0.494 e. The molecule has 5 heteroatoms. The van der Waals surface area contributed by atoms with Gasteiger partial charge in [-0.15, -0.1) is 0 Å². The van der Waals surface area contributed by atoms with Crippen LogP contribution in [-0.4, -0.2) is 11.6 Å². The predicted octanol–water partition coefficient (Wildman–Crippen LogP) is 4.02. The molecular weight excluding hydrogens is 255 g/mol. The van der Waals surface area contributed by atoms with Crippen molar-refractivity contribution in [3.05, 3.63) is 47.4 Å². The molecule has 1 aromatic carbocycles. The van der Waals surface area contributed by atoms with Crippen molar-refractivity contribution in [3.8, 4) is 5.75 Å². The Labute approximate surface area is 110 Å². The number of ether oxygens (including phenoxy) is 1. The van der Waals surface area contributed by atoms with Crippen LogP contribution in [0.1, 0.15) is 6.92 Å². The lowest BCUT2D eigenvalue weighted by molar-refractivity contribution is 0.340. The fourth-order valence-corrected chi connectivity index (χ4v) is 1.62. The van der Waals surface area contributed by atoms with Crippen LogP contribution in [0.3, 0.4) is 0 Å². The Morgan fingerprint density at radius 2 is 2.22 bits per heavy atom. The van der Waals surface area contributed by atoms with Crippen molar-refractivity contribution in [2.75, 3.05) is 11.9 Å². The van der Waals surface area contributed by atoms with Gasteiger partial charge in [0.1, 0.15) is 5.75 Å². The first-order chi connectivity index (χ1) is 8.69. The second-order valence-electron chi connectivity index (χ2n) is 3.57. The van der Waals surface area contributed by atoms with Crippen LogP contribution in [-0.2, 0) is 0 Å². The van der Waals surface area contributed by atoms with E-state index in [1.54, 1.807) is 12.1 Å². The molecule has 0 saturated heterocycles. The molecule has 0 fully saturated rings. The summed E-state index contributed by atoms with van der Waals surface area (Å²) in [6.07, 6.45) is 1.39. The quantitative estimate of drug-likeness (QED) is 0.908. The minimum Gasteiger partial charge on any atom is -0.494 e. The molecule has 94 valence electrons. The number of rotatable bonds is 4. The van der Waals surface area contributed by atoms with Gasteiger partial charge in [-0.1, -0.05) is 17.7 Å². The first kappa shape index (κ1) is 12.6. The van der Waals surface area contributed by atoms with Crippen LogP contribution in [0.25, 0.3) is 0 Å². The Bertz CT molecular complexity index is 548. The highest BCUT2D eigenvalue weighted by Gasteiger charge is 2.05. The van der Waals surface area contributed by atoms with Crippen LogP contribution >= 0.6 is 11.6 Å². The number of halogens is 2. The maximum absolute atomic E-state index is 13.5. The lowest BCUT2D eigenvalue weighted by atomic mass is 10.3. The van der Waals surface area contributed by atoms with Crippen molar-refractivity contribution in [2.45, 2.75) is 6.92 Å². The average Bonchev–Trinajstić information content (AvgIpc) is 2.34. The summed E-state index contributed by atoms with van der Waals surface area (Å²) in [4.78, 5) is 3.89. The van der Waals surface area contributed by atoms with E-state index in [1.165, 1.54) is 12.3 Å². The number of nitrogens with zero attached hydrogens (tertiary/aromatic N) is 1. The molecule has 1 N–H and O–H groups in total. The van der Waals surface area contributed by atoms with E-state index < -0.39 is 5.82 Å². The molecule has 0 radical (unpaired) electrons. The topological polar surface area (TPSA) is 34.1 Å². The van der Waals surface area contributed by atoms with Gasteiger partial charge in [-0.2, -0.15) is 0 Å². The van der Waals surface area contributed by atoms with Gasteiger partial charge >= 0.3 is 0 Å². The zero-order chi connectivity index (χ0) is 13.0. The van der Waals surface area contributed by atoms with Gasteiger partial charge in [0.25, 0.3) is 0 Å². The Morgan fingerprint density at radius 3 is 2.94 bits per heavy atom. The average molecular weight is 267 g/mol. The van der Waals surface area contributed by atoms with Crippen LogP contribution in [0.2, 0.25) is 5.02 Å². The van der Waals surface area contributed by atoms with Crippen molar-refractivity contribution in [3.63, 3.8) is 0 Å². The lowest BCUT2D eigenvalue weighted by Gasteiger charge is -2.09. The third-order valence-corrected chi connectivity index (χ3v) is 2.42. The number of benzene rings is 1. The molecular formula is C13H12ClFN2O. The van der Waals surface area contributed by atoms with Crippen molar-refractivity contribution >= 4 is 23.1 Å². The van der Waals surface area contributed by atoms with Crippen molar-refractivity contribution < 1.29 is 9.13 Å². The van der Waals surface area contributed by atoms with E-state index >= 15 is 0 Å². The molecule has 0 aliphatic rings. The van der Waals surface area contributed by atoms with Crippen molar-refractivity contribution in [2.24, 2.45) is 0 Å². The van der Waals surface area contributed by atoms with Crippen LogP contribution in [0, 0.1) is 5.82 Å². The predicted molar refractivity (Wildman–Crippen MR) is 70.1 cm³/mol. The third kappa shape index (κ3) is 3.11. The van der Waals surface area contributed by atoms with Crippen LogP contribution in [0.4, 0.5) is 15.9 Å². The molecule has 0 bridgehead atoms. The second kappa shape index (κ2) is 5.69. The summed E-state index contributed by atoms with van der Waals surface area (Å²) in [6.45, 7) is 2.48. The highest BCUT2D eigenvalue weighted by atomic mass is 35.5. The summed E-state index contributed by atoms with van der Waals surface area (Å²) in [5.41, 5.74) is 0.703. The summed E-state index contributed by atoms with van der Waals surface area (Å²) < 4.78 is 18.9. The summed E-state index contributed by atoms with van der Waals surface area (Å²) in [5.74, 6) is 0.356. The highest BCUT2D eigenvalue weighted by Crippen LogP contribution is 2.23. The van der Waals surface area contributed by atoms with Crippen LogP contribution in [0.5, 0.6) is 5.75 Å². The molecule has 2 aromatic rings. The van der Waals surface area contributed by atoms with Crippen LogP contribution < -0.4 is 10.1 Å².